The smallest absolute Gasteiger partial charge is 0.260 e. The Bertz CT molecular complexity index is 1240. The van der Waals surface area contributed by atoms with Crippen molar-refractivity contribution in [3.8, 4) is 5.75 Å². The van der Waals surface area contributed by atoms with Crippen molar-refractivity contribution in [2.75, 3.05) is 18.0 Å². The van der Waals surface area contributed by atoms with E-state index in [9.17, 15) is 19.5 Å². The van der Waals surface area contributed by atoms with E-state index in [2.05, 4.69) is 5.32 Å². The van der Waals surface area contributed by atoms with Crippen LogP contribution in [0.2, 0.25) is 0 Å². The topological polar surface area (TPSA) is 90.0 Å². The van der Waals surface area contributed by atoms with Crippen LogP contribution in [0.5, 0.6) is 5.75 Å². The van der Waals surface area contributed by atoms with Crippen molar-refractivity contribution in [3.05, 3.63) is 95.1 Å². The van der Waals surface area contributed by atoms with E-state index >= 15 is 0 Å². The predicted octanol–water partition coefficient (Wildman–Crippen LogP) is 3.26. The Balaban J connectivity index is 1.31. The van der Waals surface area contributed by atoms with E-state index in [1.165, 1.54) is 0 Å². The standard InChI is InChI=1S/C26H23N3O4/c30-18-11-9-17(10-12-18)13-15-27-23(31)14-16-28-24-19-5-1-2-6-20(19)26(33)29(24)22-8-4-3-7-21(22)25(28)32/h1-12,24,30H,13-16H2,(H,27,31)/t24-/m1/s1. The number of anilines is 1. The highest BCUT2D eigenvalue weighted by molar-refractivity contribution is 6.16. The lowest BCUT2D eigenvalue weighted by atomic mass is 10.0. The minimum Gasteiger partial charge on any atom is -0.508 e. The molecule has 3 amide bonds. The number of hydrogen-bond donors (Lipinski definition) is 2. The van der Waals surface area contributed by atoms with E-state index < -0.39 is 6.17 Å². The number of phenols is 1. The first-order valence-electron chi connectivity index (χ1n) is 10.9. The van der Waals surface area contributed by atoms with Crippen LogP contribution in [-0.4, -0.2) is 40.8 Å². The molecule has 0 aromatic heterocycles. The van der Waals surface area contributed by atoms with Crippen LogP contribution in [0.15, 0.2) is 72.8 Å². The Morgan fingerprint density at radius 3 is 2.36 bits per heavy atom. The van der Waals surface area contributed by atoms with Crippen molar-refractivity contribution in [1.29, 1.82) is 0 Å². The number of carbonyl (C=O) groups is 3. The van der Waals surface area contributed by atoms with Gasteiger partial charge < -0.3 is 15.3 Å². The number of aromatic hydroxyl groups is 1. The Hall–Kier alpha value is -4.13. The Kier molecular flexibility index (Phi) is 5.30. The van der Waals surface area contributed by atoms with Crippen molar-refractivity contribution in [1.82, 2.24) is 10.2 Å². The molecule has 0 bridgehead atoms. The van der Waals surface area contributed by atoms with Crippen LogP contribution in [0.1, 0.15) is 44.4 Å². The highest BCUT2D eigenvalue weighted by Gasteiger charge is 2.47. The number of carbonyl (C=O) groups excluding carboxylic acids is 3. The minimum absolute atomic E-state index is 0.129. The van der Waals surface area contributed by atoms with Crippen LogP contribution in [0.3, 0.4) is 0 Å². The highest BCUT2D eigenvalue weighted by Crippen LogP contribution is 2.45. The van der Waals surface area contributed by atoms with Crippen molar-refractivity contribution < 1.29 is 19.5 Å². The average molecular weight is 441 g/mol. The summed E-state index contributed by atoms with van der Waals surface area (Å²) in [6, 6.07) is 21.3. The molecule has 7 nitrogen and oxygen atoms in total. The molecule has 1 atom stereocenters. The van der Waals surface area contributed by atoms with E-state index in [1.54, 1.807) is 46.2 Å². The van der Waals surface area contributed by atoms with Crippen LogP contribution in [-0.2, 0) is 11.2 Å². The number of rotatable bonds is 6. The number of hydrogen-bond acceptors (Lipinski definition) is 4. The Morgan fingerprint density at radius 1 is 0.879 bits per heavy atom. The second-order valence-corrected chi connectivity index (χ2v) is 8.17. The summed E-state index contributed by atoms with van der Waals surface area (Å²) in [6.07, 6.45) is 0.214. The van der Waals surface area contributed by atoms with Crippen molar-refractivity contribution in [2.24, 2.45) is 0 Å². The van der Waals surface area contributed by atoms with Crippen LogP contribution in [0.4, 0.5) is 5.69 Å². The second kappa shape index (κ2) is 8.43. The summed E-state index contributed by atoms with van der Waals surface area (Å²) in [7, 11) is 0. The number of nitrogens with zero attached hydrogens (tertiary/aromatic N) is 2. The summed E-state index contributed by atoms with van der Waals surface area (Å²) in [5.74, 6) is -0.284. The van der Waals surface area contributed by atoms with Crippen LogP contribution >= 0.6 is 0 Å². The molecule has 166 valence electrons. The van der Waals surface area contributed by atoms with Gasteiger partial charge in [-0.15, -0.1) is 0 Å². The van der Waals surface area contributed by atoms with E-state index in [4.69, 9.17) is 0 Å². The molecule has 2 aliphatic rings. The van der Waals surface area contributed by atoms with E-state index in [1.807, 2.05) is 36.4 Å². The van der Waals surface area contributed by atoms with E-state index in [-0.39, 0.29) is 36.4 Å². The highest BCUT2D eigenvalue weighted by atomic mass is 16.3. The zero-order chi connectivity index (χ0) is 22.9. The van der Waals surface area contributed by atoms with Crippen molar-refractivity contribution in [2.45, 2.75) is 19.0 Å². The van der Waals surface area contributed by atoms with Gasteiger partial charge in [0.05, 0.1) is 11.3 Å². The lowest BCUT2D eigenvalue weighted by Gasteiger charge is -2.40. The third-order valence-corrected chi connectivity index (χ3v) is 6.13. The molecule has 0 saturated heterocycles. The molecule has 0 spiro atoms. The molecule has 7 heteroatoms. The maximum Gasteiger partial charge on any atom is 0.260 e. The van der Waals surface area contributed by atoms with Crippen LogP contribution in [0.25, 0.3) is 0 Å². The maximum absolute atomic E-state index is 13.4. The van der Waals surface area contributed by atoms with Gasteiger partial charge in [-0.3, -0.25) is 19.3 Å². The average Bonchev–Trinajstić information content (AvgIpc) is 3.13. The Morgan fingerprint density at radius 2 is 1.58 bits per heavy atom. The lowest BCUT2D eigenvalue weighted by molar-refractivity contribution is -0.121. The zero-order valence-electron chi connectivity index (χ0n) is 17.9. The normalized spacial score (nSPS) is 16.3. The molecule has 0 radical (unpaired) electrons. The molecule has 33 heavy (non-hydrogen) atoms. The first-order chi connectivity index (χ1) is 16.0. The third kappa shape index (κ3) is 3.71. The number of amides is 3. The molecule has 2 aliphatic heterocycles. The first kappa shape index (κ1) is 20.8. The first-order valence-corrected chi connectivity index (χ1v) is 10.9. The lowest BCUT2D eigenvalue weighted by Crippen LogP contribution is -2.49. The Labute approximate surface area is 191 Å². The van der Waals surface area contributed by atoms with Gasteiger partial charge >= 0.3 is 0 Å². The molecule has 2 heterocycles. The van der Waals surface area contributed by atoms with Gasteiger partial charge in [0.15, 0.2) is 0 Å². The van der Waals surface area contributed by atoms with Gasteiger partial charge in [-0.1, -0.05) is 42.5 Å². The molecule has 0 fully saturated rings. The summed E-state index contributed by atoms with van der Waals surface area (Å²) in [6.45, 7) is 0.651. The number of benzene rings is 3. The summed E-state index contributed by atoms with van der Waals surface area (Å²) in [5.41, 5.74) is 3.42. The van der Waals surface area contributed by atoms with Crippen LogP contribution in [0, 0.1) is 0 Å². The maximum atomic E-state index is 13.4. The number of fused-ring (bicyclic) bond motifs is 5. The van der Waals surface area contributed by atoms with Gasteiger partial charge in [-0.25, -0.2) is 0 Å². The molecule has 5 rings (SSSR count). The van der Waals surface area contributed by atoms with Gasteiger partial charge in [0.1, 0.15) is 11.9 Å². The molecule has 0 aliphatic carbocycles. The summed E-state index contributed by atoms with van der Waals surface area (Å²) < 4.78 is 0. The largest absolute Gasteiger partial charge is 0.508 e. The molecular formula is C26H23N3O4. The minimum atomic E-state index is -0.555. The zero-order valence-corrected chi connectivity index (χ0v) is 17.9. The molecule has 3 aromatic carbocycles. The van der Waals surface area contributed by atoms with Gasteiger partial charge in [-0.05, 0) is 42.3 Å². The third-order valence-electron chi connectivity index (χ3n) is 6.13. The van der Waals surface area contributed by atoms with E-state index in [0.29, 0.717) is 29.8 Å². The van der Waals surface area contributed by atoms with Crippen LogP contribution < -0.4 is 10.2 Å². The number of nitrogens with one attached hydrogen (secondary N) is 1. The number of phenolic OH excluding ortho intramolecular Hbond substituents is 1. The van der Waals surface area contributed by atoms with Gasteiger partial charge in [0.2, 0.25) is 5.91 Å². The fourth-order valence-corrected chi connectivity index (χ4v) is 4.52. The molecule has 3 aromatic rings. The molecule has 2 N–H and O–H groups in total. The quantitative estimate of drug-likeness (QED) is 0.615. The summed E-state index contributed by atoms with van der Waals surface area (Å²) >= 11 is 0. The fraction of sp³-hybridized carbons (Fsp3) is 0.192. The SMILES string of the molecule is O=C(CCN1C(=O)c2ccccc2N2C(=O)c3ccccc3[C@H]12)NCCc1ccc(O)cc1. The fourth-order valence-electron chi connectivity index (χ4n) is 4.52. The second-order valence-electron chi connectivity index (χ2n) is 8.17. The molecular weight excluding hydrogens is 418 g/mol. The molecule has 0 saturated carbocycles. The number of para-hydroxylation sites is 1. The van der Waals surface area contributed by atoms with Gasteiger partial charge in [-0.2, -0.15) is 0 Å². The molecule has 0 unspecified atom stereocenters. The van der Waals surface area contributed by atoms with Gasteiger partial charge in [0, 0.05) is 30.6 Å². The van der Waals surface area contributed by atoms with Gasteiger partial charge in [0.25, 0.3) is 11.8 Å². The summed E-state index contributed by atoms with van der Waals surface area (Å²) in [4.78, 5) is 42.3. The predicted molar refractivity (Wildman–Crippen MR) is 123 cm³/mol. The van der Waals surface area contributed by atoms with Crippen molar-refractivity contribution >= 4 is 23.4 Å². The van der Waals surface area contributed by atoms with Crippen molar-refractivity contribution in [3.63, 3.8) is 0 Å². The monoisotopic (exact) mass is 441 g/mol. The van der Waals surface area contributed by atoms with E-state index in [0.717, 1.165) is 11.1 Å². The summed E-state index contributed by atoms with van der Waals surface area (Å²) in [5, 5.41) is 12.2.